The van der Waals surface area contributed by atoms with Gasteiger partial charge in [-0.25, -0.2) is 4.79 Å². The SMILES string of the molecule is CCCC/C=C\CCCCCCCC(=O)OC1C(OCC(COC(=O)CCCCCCCCCCC/C=C\CCCCCCCC)OC(=O)CCCCCCCCCCCCC)OC(C(=O)O)C(O)C1O. The lowest BCUT2D eigenvalue weighted by molar-refractivity contribution is -0.301. The topological polar surface area (TPSA) is 175 Å². The van der Waals surface area contributed by atoms with Gasteiger partial charge in [-0.3, -0.25) is 14.4 Å². The van der Waals surface area contributed by atoms with Crippen LogP contribution in [0.3, 0.4) is 0 Å². The lowest BCUT2D eigenvalue weighted by atomic mass is 9.98. The summed E-state index contributed by atoms with van der Waals surface area (Å²) in [7, 11) is 0. The number of esters is 3. The average molecular weight is 1010 g/mol. The summed E-state index contributed by atoms with van der Waals surface area (Å²) < 4.78 is 28.4. The molecule has 1 fully saturated rings. The van der Waals surface area contributed by atoms with E-state index < -0.39 is 67.3 Å². The van der Waals surface area contributed by atoms with Crippen LogP contribution in [-0.4, -0.2) is 89.2 Å². The third kappa shape index (κ3) is 38.4. The Bertz CT molecular complexity index is 1340. The maximum atomic E-state index is 13.1. The fraction of sp³-hybridized carbons (Fsp3) is 0.864. The van der Waals surface area contributed by atoms with Gasteiger partial charge in [0.2, 0.25) is 0 Å². The van der Waals surface area contributed by atoms with E-state index in [1.54, 1.807) is 0 Å². The molecule has 414 valence electrons. The van der Waals surface area contributed by atoms with Gasteiger partial charge in [0.15, 0.2) is 24.6 Å². The van der Waals surface area contributed by atoms with Gasteiger partial charge in [0.05, 0.1) is 6.61 Å². The Morgan fingerprint density at radius 1 is 0.451 bits per heavy atom. The van der Waals surface area contributed by atoms with Gasteiger partial charge < -0.3 is 39.0 Å². The summed E-state index contributed by atoms with van der Waals surface area (Å²) in [5.74, 6) is -3.11. The van der Waals surface area contributed by atoms with E-state index in [1.807, 2.05) is 0 Å². The van der Waals surface area contributed by atoms with Crippen LogP contribution in [0.1, 0.15) is 278 Å². The number of rotatable bonds is 50. The molecule has 12 nitrogen and oxygen atoms in total. The normalized spacial score (nSPS) is 18.6. The lowest BCUT2D eigenvalue weighted by Crippen LogP contribution is -2.61. The Hall–Kier alpha value is -2.80. The molecule has 0 saturated carbocycles. The minimum absolute atomic E-state index is 0.0538. The number of carboxylic acids is 1. The highest BCUT2D eigenvalue weighted by Crippen LogP contribution is 2.26. The maximum Gasteiger partial charge on any atom is 0.335 e. The molecule has 1 aliphatic heterocycles. The van der Waals surface area contributed by atoms with Crippen molar-refractivity contribution in [1.29, 1.82) is 0 Å². The number of hydrogen-bond acceptors (Lipinski definition) is 11. The zero-order chi connectivity index (χ0) is 51.8. The molecule has 0 aromatic carbocycles. The highest BCUT2D eigenvalue weighted by Gasteiger charge is 2.50. The number of allylic oxidation sites excluding steroid dienone is 4. The molecule has 6 atom stereocenters. The molecule has 0 spiro atoms. The van der Waals surface area contributed by atoms with Crippen LogP contribution >= 0.6 is 0 Å². The number of ether oxygens (including phenoxy) is 5. The molecule has 0 aromatic heterocycles. The van der Waals surface area contributed by atoms with Crippen LogP contribution in [0.15, 0.2) is 24.3 Å². The average Bonchev–Trinajstić information content (AvgIpc) is 3.35. The van der Waals surface area contributed by atoms with Gasteiger partial charge in [0, 0.05) is 19.3 Å². The number of aliphatic carboxylic acids is 1. The highest BCUT2D eigenvalue weighted by molar-refractivity contribution is 5.74. The fourth-order valence-corrected chi connectivity index (χ4v) is 8.93. The number of unbranched alkanes of at least 4 members (excludes halogenated alkanes) is 32. The largest absolute Gasteiger partial charge is 0.479 e. The molecule has 1 saturated heterocycles. The van der Waals surface area contributed by atoms with Crippen LogP contribution in [0.25, 0.3) is 0 Å². The van der Waals surface area contributed by atoms with Crippen LogP contribution in [0.4, 0.5) is 0 Å². The van der Waals surface area contributed by atoms with Crippen molar-refractivity contribution in [1.82, 2.24) is 0 Å². The van der Waals surface area contributed by atoms with Crippen molar-refractivity contribution in [2.24, 2.45) is 0 Å². The van der Waals surface area contributed by atoms with Crippen LogP contribution < -0.4 is 0 Å². The Labute approximate surface area is 432 Å². The van der Waals surface area contributed by atoms with Crippen LogP contribution in [0.5, 0.6) is 0 Å². The number of aliphatic hydroxyl groups is 2. The van der Waals surface area contributed by atoms with Crippen molar-refractivity contribution in [3.05, 3.63) is 24.3 Å². The third-order valence-electron chi connectivity index (χ3n) is 13.5. The molecule has 0 amide bonds. The molecule has 6 unspecified atom stereocenters. The minimum atomic E-state index is -1.90. The molecule has 71 heavy (non-hydrogen) atoms. The Morgan fingerprint density at radius 3 is 1.24 bits per heavy atom. The molecule has 1 aliphatic rings. The molecule has 0 radical (unpaired) electrons. The quantitative estimate of drug-likeness (QED) is 0.0228. The minimum Gasteiger partial charge on any atom is -0.479 e. The zero-order valence-corrected chi connectivity index (χ0v) is 45.5. The van der Waals surface area contributed by atoms with Crippen molar-refractivity contribution >= 4 is 23.9 Å². The van der Waals surface area contributed by atoms with E-state index in [-0.39, 0.29) is 25.9 Å². The van der Waals surface area contributed by atoms with E-state index in [0.29, 0.717) is 19.3 Å². The summed E-state index contributed by atoms with van der Waals surface area (Å²) in [4.78, 5) is 51.0. The molecular formula is C59H106O12. The van der Waals surface area contributed by atoms with E-state index >= 15 is 0 Å². The van der Waals surface area contributed by atoms with Gasteiger partial charge in [0.1, 0.15) is 18.8 Å². The Balaban J connectivity index is 2.64. The second-order valence-electron chi connectivity index (χ2n) is 20.3. The second-order valence-corrected chi connectivity index (χ2v) is 20.3. The lowest BCUT2D eigenvalue weighted by Gasteiger charge is -2.40. The van der Waals surface area contributed by atoms with E-state index in [2.05, 4.69) is 45.1 Å². The van der Waals surface area contributed by atoms with Crippen molar-refractivity contribution in [3.63, 3.8) is 0 Å². The number of carbonyl (C=O) groups excluding carboxylic acids is 3. The van der Waals surface area contributed by atoms with Gasteiger partial charge in [0.25, 0.3) is 0 Å². The van der Waals surface area contributed by atoms with Gasteiger partial charge in [-0.05, 0) is 64.2 Å². The molecule has 1 heterocycles. The van der Waals surface area contributed by atoms with Crippen molar-refractivity contribution in [2.45, 2.75) is 314 Å². The predicted molar refractivity (Wildman–Crippen MR) is 285 cm³/mol. The van der Waals surface area contributed by atoms with Crippen LogP contribution in [-0.2, 0) is 42.9 Å². The number of aliphatic hydroxyl groups excluding tert-OH is 2. The van der Waals surface area contributed by atoms with Gasteiger partial charge >= 0.3 is 23.9 Å². The smallest absolute Gasteiger partial charge is 0.335 e. The molecule has 0 bridgehead atoms. The maximum absolute atomic E-state index is 13.1. The highest BCUT2D eigenvalue weighted by atomic mass is 16.7. The van der Waals surface area contributed by atoms with Crippen LogP contribution in [0.2, 0.25) is 0 Å². The van der Waals surface area contributed by atoms with Gasteiger partial charge in [-0.1, -0.05) is 218 Å². The molecule has 0 aromatic rings. The second kappa shape index (κ2) is 48.2. The molecular weight excluding hydrogens is 901 g/mol. The standard InChI is InChI=1S/C59H106O12/c1-4-7-10-13-16-19-22-23-24-25-26-27-28-29-32-33-36-39-42-45-51(60)67-48-50(69-52(61)46-43-40-37-34-30-20-17-14-11-8-5-2)49-68-59-57(55(64)54(63)56(71-59)58(65)66)70-53(62)47-44-41-38-35-31-21-18-15-12-9-6-3/h15,18,23-24,50,54-57,59,63-64H,4-14,16-17,19-22,25-49H2,1-3H3,(H,65,66)/b18-15-,24-23-. The first-order valence-electron chi connectivity index (χ1n) is 29.3. The Kier molecular flexibility index (Phi) is 44.9. The van der Waals surface area contributed by atoms with Crippen LogP contribution in [0, 0.1) is 0 Å². The zero-order valence-electron chi connectivity index (χ0n) is 45.5. The first-order chi connectivity index (χ1) is 34.6. The summed E-state index contributed by atoms with van der Waals surface area (Å²) in [5.41, 5.74) is 0. The predicted octanol–water partition coefficient (Wildman–Crippen LogP) is 14.7. The van der Waals surface area contributed by atoms with Crippen molar-refractivity contribution < 1.29 is 58.2 Å². The Morgan fingerprint density at radius 2 is 0.817 bits per heavy atom. The fourth-order valence-electron chi connectivity index (χ4n) is 8.93. The first-order valence-corrected chi connectivity index (χ1v) is 29.3. The molecule has 0 aliphatic carbocycles. The summed E-state index contributed by atoms with van der Waals surface area (Å²) >= 11 is 0. The summed E-state index contributed by atoms with van der Waals surface area (Å²) in [6, 6.07) is 0. The molecule has 1 rings (SSSR count). The van der Waals surface area contributed by atoms with Crippen molar-refractivity contribution in [2.75, 3.05) is 13.2 Å². The molecule has 12 heteroatoms. The van der Waals surface area contributed by atoms with E-state index in [0.717, 1.165) is 77.0 Å². The number of carboxylic acid groups (broad SMARTS) is 1. The summed E-state index contributed by atoms with van der Waals surface area (Å²) in [6.07, 6.45) is 41.6. The van der Waals surface area contributed by atoms with Gasteiger partial charge in [-0.15, -0.1) is 0 Å². The summed E-state index contributed by atoms with van der Waals surface area (Å²) in [5, 5.41) is 31.4. The van der Waals surface area contributed by atoms with Gasteiger partial charge in [-0.2, -0.15) is 0 Å². The first kappa shape index (κ1) is 66.2. The van der Waals surface area contributed by atoms with E-state index in [1.165, 1.54) is 141 Å². The summed E-state index contributed by atoms with van der Waals surface area (Å²) in [6.45, 7) is 5.94. The third-order valence-corrected chi connectivity index (χ3v) is 13.5. The van der Waals surface area contributed by atoms with E-state index in [9.17, 15) is 34.5 Å². The number of hydrogen-bond donors (Lipinski definition) is 3. The van der Waals surface area contributed by atoms with E-state index in [4.69, 9.17) is 23.7 Å². The van der Waals surface area contributed by atoms with Crippen molar-refractivity contribution in [3.8, 4) is 0 Å². The number of carbonyl (C=O) groups is 4. The molecule has 3 N–H and O–H groups in total. The monoisotopic (exact) mass is 1010 g/mol.